The third kappa shape index (κ3) is 5.08. The Labute approximate surface area is 363 Å². The summed E-state index contributed by atoms with van der Waals surface area (Å²) in [6.07, 6.45) is 0. The van der Waals surface area contributed by atoms with Crippen LogP contribution in [-0.2, 0) is 5.41 Å². The highest BCUT2D eigenvalue weighted by Gasteiger charge is 2.51. The van der Waals surface area contributed by atoms with Gasteiger partial charge in [-0.05, 0) is 91.0 Å². The standard InChI is InChI=1S/C58H35N3S/c1-2-16-36(17-3-1)55-59-56(61-57(60-55)45-24-5-4-20-40(45)38-32-33-53-47(35-38)44-23-9-13-31-52(44)62-53)39-19-14-18-37(34-39)41-26-15-30-51-54(41)46-25-8-12-29-50(46)58(51)48-27-10-6-21-42(48)43-22-7-11-28-49(43)58/h1-35H. The SMILES string of the molecule is c1ccc(-c2nc(-c3cccc(-c4cccc5c4-c4ccccc4C54c5ccccc5-c5ccccc54)c3)nc(-c3ccccc3-c3ccc4sc5ccccc5c4c3)n2)cc1. The van der Waals surface area contributed by atoms with Crippen LogP contribution >= 0.6 is 11.3 Å². The van der Waals surface area contributed by atoms with Gasteiger partial charge in [-0.15, -0.1) is 11.3 Å². The highest BCUT2D eigenvalue weighted by Crippen LogP contribution is 2.64. The fourth-order valence-electron chi connectivity index (χ4n) is 10.4. The van der Waals surface area contributed by atoms with E-state index < -0.39 is 5.41 Å². The Morgan fingerprint density at radius 2 is 0.790 bits per heavy atom. The van der Waals surface area contributed by atoms with Gasteiger partial charge in [-0.3, -0.25) is 0 Å². The van der Waals surface area contributed by atoms with Gasteiger partial charge in [-0.2, -0.15) is 0 Å². The summed E-state index contributed by atoms with van der Waals surface area (Å²) in [4.78, 5) is 15.7. The molecule has 13 rings (SSSR count). The fraction of sp³-hybridized carbons (Fsp3) is 0.0172. The van der Waals surface area contributed by atoms with Gasteiger partial charge in [0.25, 0.3) is 0 Å². The summed E-state index contributed by atoms with van der Waals surface area (Å²) in [6, 6.07) is 76.7. The Morgan fingerprint density at radius 1 is 0.290 bits per heavy atom. The Morgan fingerprint density at radius 3 is 1.56 bits per heavy atom. The van der Waals surface area contributed by atoms with Crippen LogP contribution < -0.4 is 0 Å². The lowest BCUT2D eigenvalue weighted by atomic mass is 9.70. The lowest BCUT2D eigenvalue weighted by Gasteiger charge is -2.30. The minimum atomic E-state index is -0.408. The van der Waals surface area contributed by atoms with Crippen LogP contribution in [0.25, 0.3) is 98.8 Å². The van der Waals surface area contributed by atoms with Crippen molar-refractivity contribution in [1.29, 1.82) is 0 Å². The quantitative estimate of drug-likeness (QED) is 0.174. The third-order valence-corrected chi connectivity index (χ3v) is 14.1. The topological polar surface area (TPSA) is 38.7 Å². The Bertz CT molecular complexity index is 3560. The molecule has 0 radical (unpaired) electrons. The van der Waals surface area contributed by atoms with Crippen LogP contribution in [0.5, 0.6) is 0 Å². The second-order valence-corrected chi connectivity index (χ2v) is 17.3. The van der Waals surface area contributed by atoms with Crippen molar-refractivity contribution in [3.05, 3.63) is 235 Å². The van der Waals surface area contributed by atoms with E-state index in [1.165, 1.54) is 70.2 Å². The van der Waals surface area contributed by atoms with Crippen molar-refractivity contribution in [1.82, 2.24) is 15.0 Å². The number of thiophene rings is 1. The van der Waals surface area contributed by atoms with Crippen LogP contribution in [0, 0.1) is 0 Å². The van der Waals surface area contributed by atoms with E-state index in [1.807, 2.05) is 29.5 Å². The van der Waals surface area contributed by atoms with E-state index in [-0.39, 0.29) is 0 Å². The summed E-state index contributed by atoms with van der Waals surface area (Å²) in [6.45, 7) is 0. The summed E-state index contributed by atoms with van der Waals surface area (Å²) < 4.78 is 2.57. The van der Waals surface area contributed by atoms with E-state index in [2.05, 4.69) is 194 Å². The molecule has 2 aromatic heterocycles. The van der Waals surface area contributed by atoms with Crippen molar-refractivity contribution >= 4 is 31.5 Å². The molecular weight excluding hydrogens is 771 g/mol. The molecule has 0 N–H and O–H groups in total. The number of benzene rings is 9. The highest BCUT2D eigenvalue weighted by atomic mass is 32.1. The summed E-state index contributed by atoms with van der Waals surface area (Å²) >= 11 is 1.83. The van der Waals surface area contributed by atoms with E-state index in [9.17, 15) is 0 Å². The van der Waals surface area contributed by atoms with E-state index in [1.54, 1.807) is 0 Å². The summed E-state index contributed by atoms with van der Waals surface area (Å²) in [7, 11) is 0. The van der Waals surface area contributed by atoms with Crippen LogP contribution in [0.4, 0.5) is 0 Å². The smallest absolute Gasteiger partial charge is 0.164 e. The lowest BCUT2D eigenvalue weighted by molar-refractivity contribution is 0.794. The average molecular weight is 806 g/mol. The van der Waals surface area contributed by atoms with Crippen LogP contribution in [0.1, 0.15) is 22.3 Å². The van der Waals surface area contributed by atoms with Gasteiger partial charge in [0.1, 0.15) is 0 Å². The van der Waals surface area contributed by atoms with Gasteiger partial charge in [0, 0.05) is 36.9 Å². The molecule has 0 amide bonds. The van der Waals surface area contributed by atoms with Gasteiger partial charge in [-0.1, -0.05) is 188 Å². The number of aromatic nitrogens is 3. The fourth-order valence-corrected chi connectivity index (χ4v) is 11.5. The molecule has 1 spiro atoms. The van der Waals surface area contributed by atoms with Crippen LogP contribution in [-0.4, -0.2) is 15.0 Å². The first-order valence-corrected chi connectivity index (χ1v) is 21.9. The summed E-state index contributed by atoms with van der Waals surface area (Å²) in [5.41, 5.74) is 17.4. The second-order valence-electron chi connectivity index (χ2n) is 16.2. The maximum Gasteiger partial charge on any atom is 0.164 e. The van der Waals surface area contributed by atoms with E-state index in [0.29, 0.717) is 17.5 Å². The van der Waals surface area contributed by atoms with Gasteiger partial charge in [0.2, 0.25) is 0 Å². The van der Waals surface area contributed by atoms with Crippen LogP contribution in [0.3, 0.4) is 0 Å². The van der Waals surface area contributed by atoms with Gasteiger partial charge < -0.3 is 0 Å². The van der Waals surface area contributed by atoms with Crippen molar-refractivity contribution in [2.75, 3.05) is 0 Å². The molecule has 3 nitrogen and oxygen atoms in total. The predicted molar refractivity (Wildman–Crippen MR) is 256 cm³/mol. The molecule has 0 atom stereocenters. The van der Waals surface area contributed by atoms with Crippen molar-refractivity contribution in [3.63, 3.8) is 0 Å². The first kappa shape index (κ1) is 35.0. The van der Waals surface area contributed by atoms with Crippen LogP contribution in [0.2, 0.25) is 0 Å². The third-order valence-electron chi connectivity index (χ3n) is 13.0. The zero-order chi connectivity index (χ0) is 40.8. The van der Waals surface area contributed by atoms with Gasteiger partial charge in [0.15, 0.2) is 17.5 Å². The molecule has 0 aliphatic heterocycles. The number of fused-ring (bicyclic) bond motifs is 13. The molecular formula is C58H35N3S. The molecule has 11 aromatic rings. The highest BCUT2D eigenvalue weighted by molar-refractivity contribution is 7.25. The maximum absolute atomic E-state index is 5.32. The molecule has 9 aromatic carbocycles. The first-order chi connectivity index (χ1) is 30.7. The molecule has 0 unspecified atom stereocenters. The molecule has 0 bridgehead atoms. The number of nitrogens with zero attached hydrogens (tertiary/aromatic N) is 3. The number of hydrogen-bond donors (Lipinski definition) is 0. The molecule has 288 valence electrons. The van der Waals surface area contributed by atoms with Crippen molar-refractivity contribution in [2.24, 2.45) is 0 Å². The Kier molecular flexibility index (Phi) is 7.69. The number of hydrogen-bond acceptors (Lipinski definition) is 4. The van der Waals surface area contributed by atoms with Gasteiger partial charge >= 0.3 is 0 Å². The van der Waals surface area contributed by atoms with Gasteiger partial charge in [0.05, 0.1) is 5.41 Å². The lowest BCUT2D eigenvalue weighted by Crippen LogP contribution is -2.25. The predicted octanol–water partition coefficient (Wildman–Crippen LogP) is 14.9. The van der Waals surface area contributed by atoms with E-state index in [0.717, 1.165) is 33.4 Å². The zero-order valence-electron chi connectivity index (χ0n) is 33.5. The molecule has 0 fully saturated rings. The van der Waals surface area contributed by atoms with Crippen molar-refractivity contribution in [3.8, 4) is 78.7 Å². The molecule has 2 heterocycles. The normalized spacial score (nSPS) is 13.0. The molecule has 2 aliphatic carbocycles. The van der Waals surface area contributed by atoms with Gasteiger partial charge in [-0.25, -0.2) is 15.0 Å². The molecule has 0 saturated heterocycles. The van der Waals surface area contributed by atoms with Crippen molar-refractivity contribution < 1.29 is 0 Å². The minimum Gasteiger partial charge on any atom is -0.208 e. The van der Waals surface area contributed by atoms with E-state index in [4.69, 9.17) is 15.0 Å². The monoisotopic (exact) mass is 805 g/mol. The molecule has 62 heavy (non-hydrogen) atoms. The molecule has 2 aliphatic rings. The summed E-state index contributed by atoms with van der Waals surface area (Å²) in [5.74, 6) is 1.91. The second kappa shape index (κ2) is 13.6. The largest absolute Gasteiger partial charge is 0.208 e. The average Bonchev–Trinajstić information content (AvgIpc) is 3.98. The minimum absolute atomic E-state index is 0.408. The Balaban J connectivity index is 0.985. The van der Waals surface area contributed by atoms with Crippen LogP contribution in [0.15, 0.2) is 212 Å². The summed E-state index contributed by atoms with van der Waals surface area (Å²) in [5, 5.41) is 2.54. The zero-order valence-corrected chi connectivity index (χ0v) is 34.3. The van der Waals surface area contributed by atoms with Crippen molar-refractivity contribution in [2.45, 2.75) is 5.41 Å². The Hall–Kier alpha value is -7.79. The van der Waals surface area contributed by atoms with E-state index >= 15 is 0 Å². The first-order valence-electron chi connectivity index (χ1n) is 21.1. The maximum atomic E-state index is 5.32. The molecule has 0 saturated carbocycles. The molecule has 4 heteroatoms. The number of rotatable bonds is 5.